The molecule has 0 spiro atoms. The summed E-state index contributed by atoms with van der Waals surface area (Å²) in [5, 5.41) is 2.86. The third-order valence-corrected chi connectivity index (χ3v) is 7.60. The Morgan fingerprint density at radius 1 is 0.938 bits per heavy atom. The minimum atomic E-state index is -3.90. The number of nitrogens with one attached hydrogen (secondary N) is 1. The Bertz CT molecular complexity index is 1110. The van der Waals surface area contributed by atoms with Crippen molar-refractivity contribution >= 4 is 33.4 Å². The van der Waals surface area contributed by atoms with E-state index < -0.39 is 10.0 Å². The number of hydrogen-bond donors (Lipinski definition) is 1. The number of aryl methyl sites for hydroxylation is 2. The normalized spacial score (nSPS) is 11.2. The number of nitrogens with zero attached hydrogens (tertiary/aromatic N) is 1. The van der Waals surface area contributed by atoms with Crippen LogP contribution in [0.4, 0.5) is 5.69 Å². The molecule has 5 nitrogen and oxygen atoms in total. The van der Waals surface area contributed by atoms with Crippen molar-refractivity contribution in [1.29, 1.82) is 0 Å². The Labute approximate surface area is 194 Å². The zero-order valence-electron chi connectivity index (χ0n) is 18.3. The Hall–Kier alpha value is -2.77. The number of hydrogen-bond acceptors (Lipinski definition) is 4. The van der Waals surface area contributed by atoms with Crippen LogP contribution in [0.5, 0.6) is 0 Å². The Kier molecular flexibility index (Phi) is 8.36. The lowest BCUT2D eigenvalue weighted by molar-refractivity contribution is -0.119. The van der Waals surface area contributed by atoms with Gasteiger partial charge in [0.05, 0.1) is 10.6 Å². The number of anilines is 1. The van der Waals surface area contributed by atoms with Crippen molar-refractivity contribution in [2.75, 3.05) is 23.7 Å². The van der Waals surface area contributed by atoms with E-state index in [0.29, 0.717) is 12.2 Å². The van der Waals surface area contributed by atoms with Crippen LogP contribution in [0, 0.1) is 6.92 Å². The maximum absolute atomic E-state index is 13.4. The van der Waals surface area contributed by atoms with E-state index in [-0.39, 0.29) is 17.3 Å². The highest BCUT2D eigenvalue weighted by Crippen LogP contribution is 2.25. The average molecular weight is 469 g/mol. The minimum Gasteiger partial charge on any atom is -0.355 e. The van der Waals surface area contributed by atoms with Crippen molar-refractivity contribution in [3.63, 3.8) is 0 Å². The van der Waals surface area contributed by atoms with Crippen molar-refractivity contribution in [2.45, 2.75) is 29.6 Å². The van der Waals surface area contributed by atoms with E-state index in [2.05, 4.69) is 17.4 Å². The lowest BCUT2D eigenvalue weighted by Crippen LogP contribution is -2.41. The van der Waals surface area contributed by atoms with Crippen LogP contribution in [0.3, 0.4) is 0 Å². The second-order valence-electron chi connectivity index (χ2n) is 7.46. The molecule has 1 amide bonds. The number of thioether (sulfide) groups is 1. The summed E-state index contributed by atoms with van der Waals surface area (Å²) in [5.41, 5.74) is 2.68. The molecular formula is C25H28N2O3S2. The second-order valence-corrected chi connectivity index (χ2v) is 10.2. The zero-order valence-corrected chi connectivity index (χ0v) is 20.0. The van der Waals surface area contributed by atoms with Crippen LogP contribution < -0.4 is 9.62 Å². The van der Waals surface area contributed by atoms with Gasteiger partial charge in [-0.05, 0) is 68.0 Å². The molecular weight excluding hydrogens is 440 g/mol. The van der Waals surface area contributed by atoms with Crippen LogP contribution >= 0.6 is 11.8 Å². The molecule has 0 saturated heterocycles. The van der Waals surface area contributed by atoms with Gasteiger partial charge in [-0.2, -0.15) is 0 Å². The quantitative estimate of drug-likeness (QED) is 0.347. The van der Waals surface area contributed by atoms with Gasteiger partial charge >= 0.3 is 0 Å². The highest BCUT2D eigenvalue weighted by atomic mass is 32.2. The van der Waals surface area contributed by atoms with Gasteiger partial charge in [-0.1, -0.05) is 48.0 Å². The lowest BCUT2D eigenvalue weighted by atomic mass is 10.1. The van der Waals surface area contributed by atoms with Gasteiger partial charge < -0.3 is 5.32 Å². The molecule has 0 saturated carbocycles. The number of carbonyl (C=O) groups excluding carboxylic acids is 1. The first-order valence-electron chi connectivity index (χ1n) is 10.4. The molecule has 0 unspecified atom stereocenters. The van der Waals surface area contributed by atoms with Crippen LogP contribution in [0.25, 0.3) is 0 Å². The van der Waals surface area contributed by atoms with E-state index in [0.717, 1.165) is 23.3 Å². The van der Waals surface area contributed by atoms with Crippen molar-refractivity contribution in [1.82, 2.24) is 5.32 Å². The second kappa shape index (κ2) is 11.2. The molecule has 0 aliphatic carbocycles. The minimum absolute atomic E-state index is 0.160. The van der Waals surface area contributed by atoms with Crippen molar-refractivity contribution < 1.29 is 13.2 Å². The van der Waals surface area contributed by atoms with Gasteiger partial charge in [-0.25, -0.2) is 8.42 Å². The fraction of sp³-hybridized carbons (Fsp3) is 0.240. The molecule has 7 heteroatoms. The highest BCUT2D eigenvalue weighted by Gasteiger charge is 2.27. The predicted octanol–water partition coefficient (Wildman–Crippen LogP) is 4.66. The molecule has 32 heavy (non-hydrogen) atoms. The van der Waals surface area contributed by atoms with Gasteiger partial charge in [-0.3, -0.25) is 9.10 Å². The van der Waals surface area contributed by atoms with Crippen molar-refractivity contribution in [3.8, 4) is 0 Å². The van der Waals surface area contributed by atoms with Crippen LogP contribution in [0.15, 0.2) is 88.7 Å². The molecule has 0 fully saturated rings. The smallest absolute Gasteiger partial charge is 0.264 e. The van der Waals surface area contributed by atoms with Gasteiger partial charge in [0.1, 0.15) is 6.54 Å². The molecule has 0 aromatic heterocycles. The van der Waals surface area contributed by atoms with Gasteiger partial charge in [0.15, 0.2) is 0 Å². The summed E-state index contributed by atoms with van der Waals surface area (Å²) in [6.45, 7) is 2.14. The van der Waals surface area contributed by atoms with Crippen LogP contribution in [-0.4, -0.2) is 33.7 Å². The number of sulfonamides is 1. The molecule has 0 aliphatic heterocycles. The van der Waals surface area contributed by atoms with E-state index in [9.17, 15) is 13.2 Å². The zero-order chi connectivity index (χ0) is 23.0. The molecule has 0 radical (unpaired) electrons. The van der Waals surface area contributed by atoms with E-state index in [1.165, 1.54) is 9.87 Å². The topological polar surface area (TPSA) is 66.5 Å². The molecule has 168 valence electrons. The van der Waals surface area contributed by atoms with Gasteiger partial charge in [0, 0.05) is 11.4 Å². The summed E-state index contributed by atoms with van der Waals surface area (Å²) in [5.74, 6) is -0.331. The molecule has 3 rings (SSSR count). The molecule has 0 atom stereocenters. The molecule has 0 heterocycles. The van der Waals surface area contributed by atoms with E-state index >= 15 is 0 Å². The first kappa shape index (κ1) is 23.9. The Balaban J connectivity index is 1.72. The van der Waals surface area contributed by atoms with E-state index in [1.54, 1.807) is 48.2 Å². The van der Waals surface area contributed by atoms with Gasteiger partial charge in [0.2, 0.25) is 5.91 Å². The molecule has 3 aromatic carbocycles. The highest BCUT2D eigenvalue weighted by molar-refractivity contribution is 7.98. The summed E-state index contributed by atoms with van der Waals surface area (Å²) in [6, 6.07) is 23.9. The van der Waals surface area contributed by atoms with E-state index in [4.69, 9.17) is 0 Å². The Morgan fingerprint density at radius 2 is 1.59 bits per heavy atom. The standard InChI is InChI=1S/C25H28N2O3S2/c1-20-10-12-22(13-11-20)27(32(29,30)24-16-14-23(31-2)15-17-24)19-25(28)26-18-6-9-21-7-4-3-5-8-21/h3-5,7-8,10-17H,6,9,18-19H2,1-2H3,(H,26,28). The first-order chi connectivity index (χ1) is 15.4. The monoisotopic (exact) mass is 468 g/mol. The number of benzene rings is 3. The molecule has 1 N–H and O–H groups in total. The van der Waals surface area contributed by atoms with E-state index in [1.807, 2.05) is 43.5 Å². The van der Waals surface area contributed by atoms with Gasteiger partial charge in [-0.15, -0.1) is 11.8 Å². The summed E-state index contributed by atoms with van der Waals surface area (Å²) in [7, 11) is -3.90. The summed E-state index contributed by atoms with van der Waals surface area (Å²) >= 11 is 1.54. The number of carbonyl (C=O) groups is 1. The number of amides is 1. The predicted molar refractivity (Wildman–Crippen MR) is 132 cm³/mol. The first-order valence-corrected chi connectivity index (χ1v) is 13.1. The molecule has 0 aliphatic rings. The van der Waals surface area contributed by atoms with Gasteiger partial charge in [0.25, 0.3) is 10.0 Å². The molecule has 3 aromatic rings. The third-order valence-electron chi connectivity index (χ3n) is 5.06. The fourth-order valence-electron chi connectivity index (χ4n) is 3.25. The molecule has 0 bridgehead atoms. The summed E-state index contributed by atoms with van der Waals surface area (Å²) in [6.07, 6.45) is 3.57. The lowest BCUT2D eigenvalue weighted by Gasteiger charge is -2.24. The van der Waals surface area contributed by atoms with Crippen LogP contribution in [0.1, 0.15) is 17.5 Å². The summed E-state index contributed by atoms with van der Waals surface area (Å²) in [4.78, 5) is 13.8. The Morgan fingerprint density at radius 3 is 2.22 bits per heavy atom. The van der Waals surface area contributed by atoms with Crippen molar-refractivity contribution in [3.05, 3.63) is 90.0 Å². The van der Waals surface area contributed by atoms with Crippen molar-refractivity contribution in [2.24, 2.45) is 0 Å². The van der Waals surface area contributed by atoms with Crippen LogP contribution in [-0.2, 0) is 21.2 Å². The SMILES string of the molecule is CSc1ccc(S(=O)(=O)N(CC(=O)NCCCc2ccccc2)c2ccc(C)cc2)cc1. The third kappa shape index (κ3) is 6.37. The fourth-order valence-corrected chi connectivity index (χ4v) is 5.08. The largest absolute Gasteiger partial charge is 0.355 e. The average Bonchev–Trinajstić information content (AvgIpc) is 2.81. The number of rotatable bonds is 10. The van der Waals surface area contributed by atoms with Crippen LogP contribution in [0.2, 0.25) is 0 Å². The maximum Gasteiger partial charge on any atom is 0.264 e. The summed E-state index contributed by atoms with van der Waals surface area (Å²) < 4.78 is 28.0. The maximum atomic E-state index is 13.4.